The first-order chi connectivity index (χ1) is 14.9. The van der Waals surface area contributed by atoms with Crippen LogP contribution in [0.3, 0.4) is 0 Å². The summed E-state index contributed by atoms with van der Waals surface area (Å²) >= 11 is 0. The highest BCUT2D eigenvalue weighted by molar-refractivity contribution is 5.94. The fourth-order valence-electron chi connectivity index (χ4n) is 2.54. The fourth-order valence-corrected chi connectivity index (χ4v) is 2.54. The normalized spacial score (nSPS) is 15.5. The summed E-state index contributed by atoms with van der Waals surface area (Å²) < 4.78 is 0. The van der Waals surface area contributed by atoms with Crippen LogP contribution in [0.25, 0.3) is 0 Å². The van der Waals surface area contributed by atoms with E-state index in [4.69, 9.17) is 15.9 Å². The van der Waals surface area contributed by atoms with Gasteiger partial charge in [0.15, 0.2) is 0 Å². The van der Waals surface area contributed by atoms with Gasteiger partial charge in [-0.1, -0.05) is 0 Å². The van der Waals surface area contributed by atoms with Crippen LogP contribution < -0.4 is 21.7 Å². The van der Waals surface area contributed by atoms with Crippen LogP contribution in [0, 0.1) is 0 Å². The highest BCUT2D eigenvalue weighted by atomic mass is 16.4. The Bertz CT molecular complexity index is 812. The number of nitrogens with zero attached hydrogens (tertiary/aromatic N) is 1. The van der Waals surface area contributed by atoms with Crippen molar-refractivity contribution in [3.63, 3.8) is 0 Å². The average molecular weight is 456 g/mol. The largest absolute Gasteiger partial charge is 0.481 e. The van der Waals surface area contributed by atoms with Gasteiger partial charge < -0.3 is 42.0 Å². The van der Waals surface area contributed by atoms with Crippen LogP contribution in [0.1, 0.15) is 32.4 Å². The molecule has 0 fully saturated rings. The number of aromatic nitrogens is 2. The van der Waals surface area contributed by atoms with Crippen molar-refractivity contribution >= 4 is 29.7 Å². The average Bonchev–Trinajstić information content (AvgIpc) is 3.21. The lowest BCUT2D eigenvalue weighted by atomic mass is 10.1. The van der Waals surface area contributed by atoms with Crippen molar-refractivity contribution in [2.75, 3.05) is 0 Å². The summed E-state index contributed by atoms with van der Waals surface area (Å²) in [5.41, 5.74) is 6.08. The van der Waals surface area contributed by atoms with Crippen molar-refractivity contribution in [1.82, 2.24) is 25.9 Å². The third kappa shape index (κ3) is 8.69. The van der Waals surface area contributed by atoms with E-state index in [0.29, 0.717) is 5.69 Å². The molecule has 0 saturated heterocycles. The highest BCUT2D eigenvalue weighted by Gasteiger charge is 2.32. The Morgan fingerprint density at radius 1 is 1.06 bits per heavy atom. The Morgan fingerprint density at radius 3 is 2.22 bits per heavy atom. The predicted octanol–water partition coefficient (Wildman–Crippen LogP) is -2.92. The number of carbonyl (C=O) groups excluding carboxylic acids is 3. The number of aliphatic carboxylic acids is 2. The van der Waals surface area contributed by atoms with E-state index in [9.17, 15) is 29.1 Å². The van der Waals surface area contributed by atoms with E-state index in [1.54, 1.807) is 0 Å². The molecule has 0 radical (unpaired) electrons. The lowest BCUT2D eigenvalue weighted by Crippen LogP contribution is -2.60. The molecule has 14 nitrogen and oxygen atoms in total. The maximum Gasteiger partial charge on any atom is 0.325 e. The number of nitrogens with two attached hydrogens (primary N) is 1. The van der Waals surface area contributed by atoms with Crippen LogP contribution in [-0.2, 0) is 30.4 Å². The first-order valence-corrected chi connectivity index (χ1v) is 9.69. The van der Waals surface area contributed by atoms with E-state index in [1.165, 1.54) is 26.4 Å². The summed E-state index contributed by atoms with van der Waals surface area (Å²) in [4.78, 5) is 65.7. The zero-order valence-corrected chi connectivity index (χ0v) is 17.6. The minimum atomic E-state index is -1.51. The van der Waals surface area contributed by atoms with Gasteiger partial charge >= 0.3 is 11.9 Å². The molecule has 0 saturated carbocycles. The molecule has 0 aromatic carbocycles. The zero-order chi connectivity index (χ0) is 24.4. The van der Waals surface area contributed by atoms with Crippen molar-refractivity contribution in [3.05, 3.63) is 18.2 Å². The number of carboxylic acid groups (broad SMARTS) is 2. The molecule has 32 heavy (non-hydrogen) atoms. The van der Waals surface area contributed by atoms with Crippen LogP contribution in [0.2, 0.25) is 0 Å². The zero-order valence-electron chi connectivity index (χ0n) is 17.6. The van der Waals surface area contributed by atoms with Gasteiger partial charge in [0.25, 0.3) is 0 Å². The third-order valence-electron chi connectivity index (χ3n) is 4.41. The highest BCUT2D eigenvalue weighted by Crippen LogP contribution is 2.03. The van der Waals surface area contributed by atoms with Crippen molar-refractivity contribution < 1.29 is 39.3 Å². The van der Waals surface area contributed by atoms with Crippen molar-refractivity contribution in [3.8, 4) is 0 Å². The van der Waals surface area contributed by atoms with Gasteiger partial charge in [-0.05, 0) is 20.3 Å². The Morgan fingerprint density at radius 2 is 1.72 bits per heavy atom. The molecule has 5 unspecified atom stereocenters. The SMILES string of the molecule is CC(NC(=O)C(Cc1cnc[nH]1)NC(=O)C(NC(=O)C(N)CCC(=O)O)C(C)O)C(=O)O. The van der Waals surface area contributed by atoms with Crippen molar-refractivity contribution in [1.29, 1.82) is 0 Å². The minimum Gasteiger partial charge on any atom is -0.481 e. The lowest BCUT2D eigenvalue weighted by molar-refractivity contribution is -0.142. The van der Waals surface area contributed by atoms with Crippen molar-refractivity contribution in [2.45, 2.75) is 63.4 Å². The number of rotatable bonds is 13. The van der Waals surface area contributed by atoms with Crippen LogP contribution >= 0.6 is 0 Å². The van der Waals surface area contributed by atoms with E-state index in [2.05, 4.69) is 25.9 Å². The third-order valence-corrected chi connectivity index (χ3v) is 4.41. The second-order valence-electron chi connectivity index (χ2n) is 7.18. The quantitative estimate of drug-likeness (QED) is 0.150. The first kappa shape index (κ1) is 26.5. The van der Waals surface area contributed by atoms with Gasteiger partial charge in [0.05, 0.1) is 18.5 Å². The van der Waals surface area contributed by atoms with E-state index in [-0.39, 0.29) is 19.3 Å². The molecule has 1 aromatic rings. The monoisotopic (exact) mass is 456 g/mol. The van der Waals surface area contributed by atoms with Crippen LogP contribution in [-0.4, -0.2) is 85.2 Å². The van der Waals surface area contributed by atoms with Gasteiger partial charge in [-0.15, -0.1) is 0 Å². The molecule has 0 aliphatic rings. The molecule has 14 heteroatoms. The molecule has 178 valence electrons. The number of aliphatic hydroxyl groups excluding tert-OH is 1. The number of hydrogen-bond donors (Lipinski definition) is 8. The molecule has 0 aliphatic carbocycles. The van der Waals surface area contributed by atoms with Crippen LogP contribution in [0.4, 0.5) is 0 Å². The number of imidazole rings is 1. The summed E-state index contributed by atoms with van der Waals surface area (Å²) in [6, 6.07) is -5.24. The molecule has 1 aromatic heterocycles. The maximum absolute atomic E-state index is 12.7. The van der Waals surface area contributed by atoms with Gasteiger partial charge in [0, 0.05) is 24.7 Å². The molecule has 3 amide bonds. The van der Waals surface area contributed by atoms with Crippen molar-refractivity contribution in [2.24, 2.45) is 5.73 Å². The Balaban J connectivity index is 2.92. The molecule has 9 N–H and O–H groups in total. The summed E-state index contributed by atoms with van der Waals surface area (Å²) in [6.45, 7) is 2.47. The standard InChI is InChI=1S/C18H28N6O8/c1-8(18(31)32)22-16(29)12(5-10-6-20-7-21-10)23-17(30)14(9(2)25)24-15(28)11(19)3-4-13(26)27/h6-9,11-12,14,25H,3-5,19H2,1-2H3,(H,20,21)(H,22,29)(H,23,30)(H,24,28)(H,26,27)(H,31,32). The summed E-state index contributed by atoms with van der Waals surface area (Å²) in [5, 5.41) is 34.5. The number of amides is 3. The number of nitrogens with one attached hydrogen (secondary N) is 4. The molecular formula is C18H28N6O8. The molecule has 5 atom stereocenters. The summed E-state index contributed by atoms with van der Waals surface area (Å²) in [7, 11) is 0. The number of hydrogen-bond acceptors (Lipinski definition) is 8. The lowest BCUT2D eigenvalue weighted by Gasteiger charge is -2.26. The van der Waals surface area contributed by atoms with Crippen LogP contribution in [0.15, 0.2) is 12.5 Å². The minimum absolute atomic E-state index is 0.0808. The van der Waals surface area contributed by atoms with E-state index in [0.717, 1.165) is 0 Å². The van der Waals surface area contributed by atoms with Gasteiger partial charge in [-0.3, -0.25) is 24.0 Å². The van der Waals surface area contributed by atoms with E-state index >= 15 is 0 Å². The topological polar surface area (TPSA) is 237 Å². The Labute approximate surface area is 183 Å². The molecular weight excluding hydrogens is 428 g/mol. The molecule has 1 heterocycles. The Kier molecular flexibility index (Phi) is 10.2. The van der Waals surface area contributed by atoms with E-state index in [1.807, 2.05) is 0 Å². The predicted molar refractivity (Wildman–Crippen MR) is 108 cm³/mol. The van der Waals surface area contributed by atoms with Crippen LogP contribution in [0.5, 0.6) is 0 Å². The Hall–Kier alpha value is -3.52. The number of aromatic amines is 1. The second-order valence-corrected chi connectivity index (χ2v) is 7.18. The molecule has 1 rings (SSSR count). The number of aliphatic hydroxyl groups is 1. The number of carbonyl (C=O) groups is 5. The fraction of sp³-hybridized carbons (Fsp3) is 0.556. The van der Waals surface area contributed by atoms with E-state index < -0.39 is 59.9 Å². The summed E-state index contributed by atoms with van der Waals surface area (Å²) in [6.07, 6.45) is 0.731. The summed E-state index contributed by atoms with van der Waals surface area (Å²) in [5.74, 6) is -5.03. The smallest absolute Gasteiger partial charge is 0.325 e. The van der Waals surface area contributed by atoms with Gasteiger partial charge in [-0.25, -0.2) is 4.98 Å². The molecule has 0 bridgehead atoms. The first-order valence-electron chi connectivity index (χ1n) is 9.69. The number of carboxylic acids is 2. The maximum atomic E-state index is 12.7. The second kappa shape index (κ2) is 12.4. The van der Waals surface area contributed by atoms with Gasteiger partial charge in [0.1, 0.15) is 18.1 Å². The number of H-pyrrole nitrogens is 1. The molecule has 0 spiro atoms. The van der Waals surface area contributed by atoms with Gasteiger partial charge in [-0.2, -0.15) is 0 Å². The molecule has 0 aliphatic heterocycles. The van der Waals surface area contributed by atoms with Gasteiger partial charge in [0.2, 0.25) is 17.7 Å².